The lowest BCUT2D eigenvalue weighted by atomic mass is 9.91. The number of thioether (sulfide) groups is 1. The molecule has 1 fully saturated rings. The van der Waals surface area contributed by atoms with E-state index < -0.39 is 24.3 Å². The molecule has 0 aliphatic carbocycles. The summed E-state index contributed by atoms with van der Waals surface area (Å²) in [6.45, 7) is 4.87. The number of aliphatic hydroxyl groups excluding tert-OH is 1. The molecule has 2 aromatic carbocycles. The Kier molecular flexibility index (Phi) is 9.52. The minimum atomic E-state index is -0.918. The minimum absolute atomic E-state index is 0.0228. The number of hydrogen-bond acceptors (Lipinski definition) is 8. The fourth-order valence-electron chi connectivity index (χ4n) is 4.22. The summed E-state index contributed by atoms with van der Waals surface area (Å²) in [6, 6.07) is 20.8. The van der Waals surface area contributed by atoms with Gasteiger partial charge in [-0.1, -0.05) is 49.4 Å². The highest BCUT2D eigenvalue weighted by molar-refractivity contribution is 7.99. The molecule has 1 saturated heterocycles. The standard InChI is InChI=1S/C29H32N2O6S/c1-18-25(17-38-26-9-4-5-14-30-26)36-29(37-27(18)22-12-10-21(16-32)11-13-22)23-7-6-8-24(15-23)31-28(34)19(2)35-20(3)33/h4-15,18-19,25,27,29,32H,16-17H2,1-3H3,(H,31,34)/t18-,19-,25+,27+,29?/m0/s1. The molecule has 1 aromatic heterocycles. The van der Waals surface area contributed by atoms with Crippen molar-refractivity contribution in [3.05, 3.63) is 89.6 Å². The lowest BCUT2D eigenvalue weighted by Gasteiger charge is -2.41. The van der Waals surface area contributed by atoms with E-state index in [2.05, 4.69) is 17.2 Å². The summed E-state index contributed by atoms with van der Waals surface area (Å²) in [5.74, 6) is -0.232. The molecular weight excluding hydrogens is 504 g/mol. The third kappa shape index (κ3) is 7.20. The first-order chi connectivity index (χ1) is 18.3. The van der Waals surface area contributed by atoms with Crippen molar-refractivity contribution in [2.24, 2.45) is 5.92 Å². The molecule has 38 heavy (non-hydrogen) atoms. The van der Waals surface area contributed by atoms with E-state index in [1.807, 2.05) is 54.6 Å². The summed E-state index contributed by atoms with van der Waals surface area (Å²) in [7, 11) is 0. The van der Waals surface area contributed by atoms with Crippen molar-refractivity contribution in [1.29, 1.82) is 0 Å². The Bertz CT molecular complexity index is 1220. The highest BCUT2D eigenvalue weighted by atomic mass is 32.2. The maximum absolute atomic E-state index is 12.5. The molecule has 0 saturated carbocycles. The van der Waals surface area contributed by atoms with Crippen LogP contribution in [0.25, 0.3) is 0 Å². The van der Waals surface area contributed by atoms with Crippen LogP contribution in [0.1, 0.15) is 49.9 Å². The number of nitrogens with one attached hydrogen (secondary N) is 1. The highest BCUT2D eigenvalue weighted by Gasteiger charge is 2.38. The molecule has 1 amide bonds. The van der Waals surface area contributed by atoms with Gasteiger partial charge in [0, 0.05) is 36.0 Å². The molecule has 2 heterocycles. The van der Waals surface area contributed by atoms with E-state index in [4.69, 9.17) is 14.2 Å². The Morgan fingerprint density at radius 1 is 1.08 bits per heavy atom. The number of pyridine rings is 1. The van der Waals surface area contributed by atoms with E-state index in [9.17, 15) is 14.7 Å². The molecular formula is C29H32N2O6S. The maximum atomic E-state index is 12.5. The molecule has 1 aliphatic rings. The van der Waals surface area contributed by atoms with Crippen LogP contribution in [-0.4, -0.2) is 39.9 Å². The van der Waals surface area contributed by atoms with Crippen molar-refractivity contribution in [3.63, 3.8) is 0 Å². The van der Waals surface area contributed by atoms with Gasteiger partial charge in [-0.3, -0.25) is 9.59 Å². The molecule has 9 heteroatoms. The SMILES string of the molecule is CC(=O)O[C@@H](C)C(=O)Nc1cccc(C2O[C@H](CSc3ccccn3)[C@H](C)[C@H](c3ccc(CO)cc3)O2)c1. The van der Waals surface area contributed by atoms with Crippen molar-refractivity contribution < 1.29 is 28.9 Å². The van der Waals surface area contributed by atoms with E-state index in [0.717, 1.165) is 21.7 Å². The van der Waals surface area contributed by atoms with Gasteiger partial charge in [-0.2, -0.15) is 0 Å². The average Bonchev–Trinajstić information content (AvgIpc) is 2.93. The van der Waals surface area contributed by atoms with Crippen LogP contribution in [0.3, 0.4) is 0 Å². The van der Waals surface area contributed by atoms with Gasteiger partial charge in [0.15, 0.2) is 12.4 Å². The van der Waals surface area contributed by atoms with E-state index >= 15 is 0 Å². The van der Waals surface area contributed by atoms with Crippen LogP contribution >= 0.6 is 11.8 Å². The Morgan fingerprint density at radius 2 is 1.87 bits per heavy atom. The highest BCUT2D eigenvalue weighted by Crippen LogP contribution is 2.43. The summed E-state index contributed by atoms with van der Waals surface area (Å²) >= 11 is 1.63. The van der Waals surface area contributed by atoms with Gasteiger partial charge in [0.25, 0.3) is 5.91 Å². The first kappa shape index (κ1) is 27.8. The summed E-state index contributed by atoms with van der Waals surface area (Å²) in [6.07, 6.45) is -0.222. The molecule has 2 N–H and O–H groups in total. The van der Waals surface area contributed by atoms with Crippen LogP contribution in [0.2, 0.25) is 0 Å². The maximum Gasteiger partial charge on any atom is 0.303 e. The van der Waals surface area contributed by atoms with Crippen molar-refractivity contribution in [2.45, 2.75) is 57.0 Å². The normalized spacial score (nSPS) is 21.9. The number of anilines is 1. The number of carbonyl (C=O) groups excluding carboxylic acids is 2. The molecule has 0 radical (unpaired) electrons. The van der Waals surface area contributed by atoms with E-state index in [1.54, 1.807) is 30.1 Å². The number of benzene rings is 2. The van der Waals surface area contributed by atoms with Crippen LogP contribution in [0.15, 0.2) is 78.0 Å². The lowest BCUT2D eigenvalue weighted by Crippen LogP contribution is -2.38. The topological polar surface area (TPSA) is 107 Å². The molecule has 1 aliphatic heterocycles. The zero-order valence-corrected chi connectivity index (χ0v) is 22.4. The number of amides is 1. The van der Waals surface area contributed by atoms with Crippen molar-refractivity contribution in [1.82, 2.24) is 4.98 Å². The van der Waals surface area contributed by atoms with Crippen LogP contribution in [-0.2, 0) is 30.4 Å². The predicted octanol–water partition coefficient (Wildman–Crippen LogP) is 5.05. The summed E-state index contributed by atoms with van der Waals surface area (Å²) < 4.78 is 17.9. The van der Waals surface area contributed by atoms with Gasteiger partial charge in [0.1, 0.15) is 0 Å². The monoisotopic (exact) mass is 536 g/mol. The van der Waals surface area contributed by atoms with Gasteiger partial charge in [-0.25, -0.2) is 4.98 Å². The third-order valence-corrected chi connectivity index (χ3v) is 7.33. The molecule has 0 spiro atoms. The minimum Gasteiger partial charge on any atom is -0.453 e. The Hall–Kier alpha value is -3.24. The zero-order valence-electron chi connectivity index (χ0n) is 21.6. The molecule has 200 valence electrons. The third-order valence-electron chi connectivity index (χ3n) is 6.29. The van der Waals surface area contributed by atoms with Gasteiger partial charge in [-0.05, 0) is 42.3 Å². The number of aliphatic hydroxyl groups is 1. The van der Waals surface area contributed by atoms with Crippen LogP contribution < -0.4 is 5.32 Å². The number of aromatic nitrogens is 1. The average molecular weight is 537 g/mol. The Labute approximate surface area is 226 Å². The lowest BCUT2D eigenvalue weighted by molar-refractivity contribution is -0.268. The van der Waals surface area contributed by atoms with Crippen LogP contribution in [0.4, 0.5) is 5.69 Å². The van der Waals surface area contributed by atoms with E-state index in [1.165, 1.54) is 13.8 Å². The fraction of sp³-hybridized carbons (Fsp3) is 0.345. The summed E-state index contributed by atoms with van der Waals surface area (Å²) in [5, 5.41) is 13.2. The molecule has 8 nitrogen and oxygen atoms in total. The Balaban J connectivity index is 1.56. The van der Waals surface area contributed by atoms with E-state index in [0.29, 0.717) is 11.4 Å². The molecule has 4 rings (SSSR count). The molecule has 3 aromatic rings. The fourth-order valence-corrected chi connectivity index (χ4v) is 5.25. The number of esters is 1. The predicted molar refractivity (Wildman–Crippen MR) is 144 cm³/mol. The largest absolute Gasteiger partial charge is 0.453 e. The smallest absolute Gasteiger partial charge is 0.303 e. The second-order valence-electron chi connectivity index (χ2n) is 9.17. The second kappa shape index (κ2) is 13.0. The first-order valence-electron chi connectivity index (χ1n) is 12.5. The van der Waals surface area contributed by atoms with Gasteiger partial charge in [0.05, 0.1) is 23.8 Å². The van der Waals surface area contributed by atoms with Crippen molar-refractivity contribution >= 4 is 29.3 Å². The van der Waals surface area contributed by atoms with E-state index in [-0.39, 0.29) is 24.7 Å². The summed E-state index contributed by atoms with van der Waals surface area (Å²) in [4.78, 5) is 28.1. The van der Waals surface area contributed by atoms with Crippen molar-refractivity contribution in [3.8, 4) is 0 Å². The Morgan fingerprint density at radius 3 is 2.55 bits per heavy atom. The zero-order chi connectivity index (χ0) is 27.1. The van der Waals surface area contributed by atoms with Gasteiger partial charge < -0.3 is 24.6 Å². The molecule has 1 unspecified atom stereocenters. The van der Waals surface area contributed by atoms with Gasteiger partial charge in [-0.15, -0.1) is 11.8 Å². The molecule has 5 atom stereocenters. The number of hydrogen-bond donors (Lipinski definition) is 2. The number of carbonyl (C=O) groups is 2. The molecule has 0 bridgehead atoms. The van der Waals surface area contributed by atoms with Gasteiger partial charge >= 0.3 is 5.97 Å². The second-order valence-corrected chi connectivity index (χ2v) is 10.2. The number of rotatable bonds is 9. The number of nitrogens with zero attached hydrogens (tertiary/aromatic N) is 1. The van der Waals surface area contributed by atoms with Crippen molar-refractivity contribution in [2.75, 3.05) is 11.1 Å². The summed E-state index contributed by atoms with van der Waals surface area (Å²) in [5.41, 5.74) is 3.12. The van der Waals surface area contributed by atoms with Crippen LogP contribution in [0.5, 0.6) is 0 Å². The van der Waals surface area contributed by atoms with Crippen LogP contribution in [0, 0.1) is 5.92 Å². The van der Waals surface area contributed by atoms with Gasteiger partial charge in [0.2, 0.25) is 0 Å². The quantitative estimate of drug-likeness (QED) is 0.289. The number of ether oxygens (including phenoxy) is 3. The first-order valence-corrected chi connectivity index (χ1v) is 13.4.